The molecule has 0 aliphatic heterocycles. The van der Waals surface area contributed by atoms with Crippen molar-refractivity contribution >= 4 is 25.9 Å². The minimum atomic E-state index is -4.37. The molecule has 2 rings (SSSR count). The molecular formula is C23H30N3O9PS. The third kappa shape index (κ3) is 8.62. The lowest BCUT2D eigenvalue weighted by atomic mass is 10.00. The molecule has 0 fully saturated rings. The number of ether oxygens (including phenoxy) is 2. The molecule has 0 aliphatic carbocycles. The largest absolute Gasteiger partial charge is 0.462 e. The first-order valence-electron chi connectivity index (χ1n) is 11.1. The van der Waals surface area contributed by atoms with Crippen LogP contribution >= 0.6 is 20.0 Å². The molecule has 1 aromatic heterocycles. The number of hydrogen-bond donors (Lipinski definition) is 4. The summed E-state index contributed by atoms with van der Waals surface area (Å²) in [6.07, 6.45) is 3.02. The Morgan fingerprint density at radius 3 is 2.43 bits per heavy atom. The average molecular weight is 556 g/mol. The lowest BCUT2D eigenvalue weighted by Gasteiger charge is -2.34. The molecule has 0 saturated carbocycles. The molecule has 4 N–H and O–H groups in total. The highest BCUT2D eigenvalue weighted by atomic mass is 32.1. The fraction of sp³-hybridized carbons (Fsp3) is 0.435. The Morgan fingerprint density at radius 1 is 1.24 bits per heavy atom. The third-order valence-electron chi connectivity index (χ3n) is 4.80. The smallest absolute Gasteiger partial charge is 0.459 e. The van der Waals surface area contributed by atoms with E-state index in [9.17, 15) is 24.4 Å². The predicted molar refractivity (Wildman–Crippen MR) is 136 cm³/mol. The van der Waals surface area contributed by atoms with Crippen molar-refractivity contribution in [3.63, 3.8) is 0 Å². The summed E-state index contributed by atoms with van der Waals surface area (Å²) in [6.45, 7) is 5.21. The van der Waals surface area contributed by atoms with Crippen LogP contribution in [0.1, 0.15) is 34.1 Å². The van der Waals surface area contributed by atoms with E-state index in [0.717, 1.165) is 16.8 Å². The lowest BCUT2D eigenvalue weighted by Crippen LogP contribution is -2.48. The van der Waals surface area contributed by atoms with Crippen LogP contribution in [0.2, 0.25) is 0 Å². The molecule has 2 aromatic rings. The highest BCUT2D eigenvalue weighted by Gasteiger charge is 2.42. The van der Waals surface area contributed by atoms with E-state index in [2.05, 4.69) is 16.0 Å². The zero-order valence-corrected chi connectivity index (χ0v) is 22.4. The molecule has 0 bridgehead atoms. The minimum Gasteiger partial charge on any atom is -0.462 e. The topological polar surface area (TPSA) is 161 Å². The number of H-pyrrole nitrogens is 1. The van der Waals surface area contributed by atoms with Crippen molar-refractivity contribution in [2.24, 2.45) is 0 Å². The van der Waals surface area contributed by atoms with E-state index in [4.69, 9.17) is 37.2 Å². The number of aromatic amines is 1. The number of benzene rings is 1. The average Bonchev–Trinajstić information content (AvgIpc) is 2.81. The first-order chi connectivity index (χ1) is 17.3. The molecule has 0 amide bonds. The maximum absolute atomic E-state index is 13.7. The Morgan fingerprint density at radius 2 is 1.89 bits per heavy atom. The summed E-state index contributed by atoms with van der Waals surface area (Å²) >= 11 is 5.01. The summed E-state index contributed by atoms with van der Waals surface area (Å²) in [7, 11) is -4.37. The van der Waals surface area contributed by atoms with Gasteiger partial charge in [0.1, 0.15) is 18.4 Å². The summed E-state index contributed by atoms with van der Waals surface area (Å²) < 4.78 is 36.3. The van der Waals surface area contributed by atoms with Crippen LogP contribution in [-0.4, -0.2) is 56.2 Å². The maximum Gasteiger partial charge on any atom is 0.459 e. The summed E-state index contributed by atoms with van der Waals surface area (Å²) in [5.41, 5.74) is -2.59. The van der Waals surface area contributed by atoms with E-state index in [1.807, 2.05) is 0 Å². The Kier molecular flexibility index (Phi) is 10.8. The highest BCUT2D eigenvalue weighted by Crippen LogP contribution is 2.46. The number of carbonyl (C=O) groups is 1. The highest BCUT2D eigenvalue weighted by molar-refractivity contribution is 7.71. The molecular weight excluding hydrogens is 525 g/mol. The van der Waals surface area contributed by atoms with Crippen molar-refractivity contribution in [2.75, 3.05) is 6.61 Å². The first-order valence-corrected chi connectivity index (χ1v) is 13.1. The van der Waals surface area contributed by atoms with Crippen LogP contribution in [0.15, 0.2) is 47.4 Å². The number of para-hydroxylation sites is 1. The van der Waals surface area contributed by atoms with Crippen LogP contribution in [0.4, 0.5) is 0 Å². The van der Waals surface area contributed by atoms with Gasteiger partial charge in [-0.3, -0.25) is 23.7 Å². The van der Waals surface area contributed by atoms with E-state index in [-0.39, 0.29) is 10.5 Å². The van der Waals surface area contributed by atoms with Gasteiger partial charge in [-0.25, -0.2) is 4.57 Å². The molecule has 202 valence electrons. The minimum absolute atomic E-state index is 0.145. The fourth-order valence-corrected chi connectivity index (χ4v) is 4.58. The van der Waals surface area contributed by atoms with Gasteiger partial charge in [0.25, 0.3) is 5.56 Å². The predicted octanol–water partition coefficient (Wildman–Crippen LogP) is 2.26. The zero-order chi connectivity index (χ0) is 27.8. The summed E-state index contributed by atoms with van der Waals surface area (Å²) in [4.78, 5) is 26.1. The normalized spacial score (nSPS) is 17.0. The molecule has 1 unspecified atom stereocenters. The van der Waals surface area contributed by atoms with Gasteiger partial charge in [-0.1, -0.05) is 24.1 Å². The SMILES string of the molecule is C#C[C@](COP(=O)(N[C@@H](C)C(=O)OC(C)C)Oc1ccccc1)(O[C@H](O)n1ccc(=O)[nH]c1=S)[C@@H](C)O. The molecule has 0 radical (unpaired) electrons. The third-order valence-corrected chi connectivity index (χ3v) is 6.74. The van der Waals surface area contributed by atoms with E-state index in [0.29, 0.717) is 0 Å². The molecule has 37 heavy (non-hydrogen) atoms. The Labute approximate surface area is 219 Å². The molecule has 12 nitrogen and oxygen atoms in total. The van der Waals surface area contributed by atoms with Crippen LogP contribution in [0.3, 0.4) is 0 Å². The summed E-state index contributed by atoms with van der Waals surface area (Å²) in [5, 5.41) is 23.5. The molecule has 5 atom stereocenters. The lowest BCUT2D eigenvalue weighted by molar-refractivity contribution is -0.239. The summed E-state index contributed by atoms with van der Waals surface area (Å²) in [5.74, 6) is 1.64. The Hall–Kier alpha value is -2.82. The number of carbonyl (C=O) groups excluding carboxylic acids is 1. The number of esters is 1. The van der Waals surface area contributed by atoms with E-state index >= 15 is 0 Å². The van der Waals surface area contributed by atoms with Crippen molar-refractivity contribution in [2.45, 2.75) is 58.0 Å². The van der Waals surface area contributed by atoms with Crippen molar-refractivity contribution in [3.8, 4) is 18.1 Å². The van der Waals surface area contributed by atoms with Gasteiger partial charge in [-0.2, -0.15) is 5.09 Å². The second-order valence-electron chi connectivity index (χ2n) is 8.18. The van der Waals surface area contributed by atoms with Gasteiger partial charge in [0, 0.05) is 12.3 Å². The van der Waals surface area contributed by atoms with Gasteiger partial charge in [-0.05, 0) is 52.0 Å². The maximum atomic E-state index is 13.7. The van der Waals surface area contributed by atoms with Gasteiger partial charge in [0.2, 0.25) is 6.41 Å². The Bertz CT molecular complexity index is 1260. The number of terminal acetylenes is 1. The molecule has 14 heteroatoms. The number of nitrogens with one attached hydrogen (secondary N) is 2. The zero-order valence-electron chi connectivity index (χ0n) is 20.7. The summed E-state index contributed by atoms with van der Waals surface area (Å²) in [6, 6.07) is 7.95. The molecule has 0 aliphatic rings. The van der Waals surface area contributed by atoms with Crippen LogP contribution in [0.5, 0.6) is 5.75 Å². The quantitative estimate of drug-likeness (QED) is 0.0943. The molecule has 0 saturated heterocycles. The van der Waals surface area contributed by atoms with Crippen LogP contribution in [0.25, 0.3) is 0 Å². The van der Waals surface area contributed by atoms with Gasteiger partial charge in [0.15, 0.2) is 10.4 Å². The van der Waals surface area contributed by atoms with Crippen LogP contribution in [-0.2, 0) is 23.4 Å². The second-order valence-corrected chi connectivity index (χ2v) is 10.3. The van der Waals surface area contributed by atoms with Crippen molar-refractivity contribution < 1.29 is 38.1 Å². The first kappa shape index (κ1) is 30.4. The van der Waals surface area contributed by atoms with Crippen molar-refractivity contribution in [1.29, 1.82) is 0 Å². The number of nitrogens with zero attached hydrogens (tertiary/aromatic N) is 1. The van der Waals surface area contributed by atoms with Gasteiger partial charge < -0.3 is 24.2 Å². The fourth-order valence-electron chi connectivity index (χ4n) is 2.81. The monoisotopic (exact) mass is 555 g/mol. The van der Waals surface area contributed by atoms with Gasteiger partial charge in [-0.15, -0.1) is 6.42 Å². The Balaban J connectivity index is 2.34. The van der Waals surface area contributed by atoms with E-state index < -0.39 is 56.1 Å². The number of aromatic nitrogens is 2. The number of aliphatic hydroxyl groups is 2. The molecule has 1 aromatic carbocycles. The number of hydrogen-bond acceptors (Lipinski definition) is 10. The molecule has 0 spiro atoms. The number of rotatable bonds is 13. The van der Waals surface area contributed by atoms with E-state index in [1.165, 1.54) is 26.0 Å². The second kappa shape index (κ2) is 13.1. The molecule has 1 heterocycles. The van der Waals surface area contributed by atoms with Crippen molar-refractivity contribution in [1.82, 2.24) is 14.6 Å². The van der Waals surface area contributed by atoms with Crippen molar-refractivity contribution in [3.05, 3.63) is 57.7 Å². The van der Waals surface area contributed by atoms with Gasteiger partial charge in [0.05, 0.1) is 12.2 Å². The van der Waals surface area contributed by atoms with Gasteiger partial charge >= 0.3 is 13.7 Å². The van der Waals surface area contributed by atoms with Crippen LogP contribution in [0, 0.1) is 17.1 Å². The van der Waals surface area contributed by atoms with E-state index in [1.54, 1.807) is 32.0 Å². The standard InChI is InChI=1S/C23H30N3O9PS/c1-6-23(17(5)27,34-22(30)26-13-12-19(28)24-21(26)37)14-32-36(31,35-18-10-8-7-9-11-18)25-16(4)20(29)33-15(2)3/h1,7-13,15-17,22,27,30H,14H2,2-5H3,(H,25,31)(H,24,28,37)/t16-,17+,22-,23+,36?/m0/s1. The number of aliphatic hydroxyl groups excluding tert-OH is 2. The van der Waals surface area contributed by atoms with Crippen LogP contribution < -0.4 is 15.2 Å².